The topological polar surface area (TPSA) is 58.2 Å². The van der Waals surface area contributed by atoms with Gasteiger partial charge >= 0.3 is 0 Å². The molecule has 0 unspecified atom stereocenters. The highest BCUT2D eigenvalue weighted by Crippen LogP contribution is 2.14. The molecular weight excluding hydrogens is 264 g/mol. The van der Waals surface area contributed by atoms with Gasteiger partial charge in [0.2, 0.25) is 5.91 Å². The van der Waals surface area contributed by atoms with E-state index in [4.69, 9.17) is 11.6 Å². The highest BCUT2D eigenvalue weighted by atomic mass is 35.5. The molecule has 0 aliphatic rings. The van der Waals surface area contributed by atoms with Gasteiger partial charge < -0.3 is 10.6 Å². The van der Waals surface area contributed by atoms with Gasteiger partial charge in [-0.3, -0.25) is 9.59 Å². The number of rotatable bonds is 5. The molecule has 0 aromatic heterocycles. The van der Waals surface area contributed by atoms with E-state index < -0.39 is 5.41 Å². The number of carbonyl (C=O) groups is 2. The average molecular weight is 283 g/mol. The molecule has 0 heterocycles. The van der Waals surface area contributed by atoms with E-state index in [1.165, 1.54) is 0 Å². The van der Waals surface area contributed by atoms with Crippen LogP contribution in [0.1, 0.15) is 29.8 Å². The molecule has 1 rings (SSSR count). The molecule has 0 fully saturated rings. The number of alkyl halides is 1. The quantitative estimate of drug-likeness (QED) is 0.811. The van der Waals surface area contributed by atoms with E-state index >= 15 is 0 Å². The van der Waals surface area contributed by atoms with E-state index in [1.807, 2.05) is 6.07 Å². The van der Waals surface area contributed by atoms with Crippen molar-refractivity contribution in [3.05, 3.63) is 35.4 Å². The summed E-state index contributed by atoms with van der Waals surface area (Å²) in [6.45, 7) is 3.83. The van der Waals surface area contributed by atoms with Gasteiger partial charge in [0.15, 0.2) is 0 Å². The van der Waals surface area contributed by atoms with E-state index in [0.29, 0.717) is 11.4 Å². The van der Waals surface area contributed by atoms with Crippen molar-refractivity contribution in [2.24, 2.45) is 5.41 Å². The number of hydrogen-bond donors (Lipinski definition) is 2. The third kappa shape index (κ3) is 4.24. The van der Waals surface area contributed by atoms with Crippen LogP contribution in [0, 0.1) is 5.41 Å². The maximum atomic E-state index is 12.0. The molecule has 0 aliphatic heterocycles. The van der Waals surface area contributed by atoms with E-state index in [2.05, 4.69) is 10.6 Å². The van der Waals surface area contributed by atoms with Crippen LogP contribution in [-0.2, 0) is 10.7 Å². The summed E-state index contributed by atoms with van der Waals surface area (Å²) in [5.41, 5.74) is 0.792. The second-order valence-electron chi connectivity index (χ2n) is 4.98. The standard InChI is InChI=1S/C14H19ClN2O2/c1-14(2,13(19)16-3)9-17-12(18)11-6-4-5-10(7-11)8-15/h4-7H,8-9H2,1-3H3,(H,16,19)(H,17,18). The monoisotopic (exact) mass is 282 g/mol. The van der Waals surface area contributed by atoms with Crippen molar-refractivity contribution in [3.63, 3.8) is 0 Å². The largest absolute Gasteiger partial charge is 0.359 e. The Kier molecular flexibility index (Phi) is 5.36. The van der Waals surface area contributed by atoms with Gasteiger partial charge in [-0.25, -0.2) is 0 Å². The van der Waals surface area contributed by atoms with Gasteiger partial charge in [-0.05, 0) is 31.5 Å². The van der Waals surface area contributed by atoms with Crippen molar-refractivity contribution in [3.8, 4) is 0 Å². The maximum Gasteiger partial charge on any atom is 0.251 e. The van der Waals surface area contributed by atoms with Crippen molar-refractivity contribution >= 4 is 23.4 Å². The predicted molar refractivity (Wildman–Crippen MR) is 76.2 cm³/mol. The van der Waals surface area contributed by atoms with E-state index in [0.717, 1.165) is 5.56 Å². The fourth-order valence-corrected chi connectivity index (χ4v) is 1.78. The van der Waals surface area contributed by atoms with Crippen LogP contribution in [0.4, 0.5) is 0 Å². The van der Waals surface area contributed by atoms with Gasteiger partial charge in [-0.15, -0.1) is 11.6 Å². The van der Waals surface area contributed by atoms with Crippen LogP contribution in [0.5, 0.6) is 0 Å². The first-order valence-electron chi connectivity index (χ1n) is 6.06. The summed E-state index contributed by atoms with van der Waals surface area (Å²) in [5, 5.41) is 5.34. The van der Waals surface area contributed by atoms with E-state index in [-0.39, 0.29) is 18.4 Å². The van der Waals surface area contributed by atoms with Crippen LogP contribution in [0.15, 0.2) is 24.3 Å². The van der Waals surface area contributed by atoms with Gasteiger partial charge in [-0.2, -0.15) is 0 Å². The van der Waals surface area contributed by atoms with Crippen LogP contribution in [0.25, 0.3) is 0 Å². The zero-order valence-corrected chi connectivity index (χ0v) is 12.2. The van der Waals surface area contributed by atoms with Crippen molar-refractivity contribution in [1.82, 2.24) is 10.6 Å². The Labute approximate surface area is 118 Å². The third-order valence-corrected chi connectivity index (χ3v) is 3.18. The number of nitrogens with one attached hydrogen (secondary N) is 2. The Balaban J connectivity index is 2.67. The fourth-order valence-electron chi connectivity index (χ4n) is 1.62. The van der Waals surface area contributed by atoms with Gasteiger partial charge in [-0.1, -0.05) is 12.1 Å². The Bertz CT molecular complexity index is 472. The van der Waals surface area contributed by atoms with Crippen LogP contribution in [-0.4, -0.2) is 25.4 Å². The Hall–Kier alpha value is -1.55. The number of benzene rings is 1. The van der Waals surface area contributed by atoms with Gasteiger partial charge in [0.1, 0.15) is 0 Å². The Morgan fingerprint density at radius 1 is 1.32 bits per heavy atom. The third-order valence-electron chi connectivity index (χ3n) is 2.88. The van der Waals surface area contributed by atoms with E-state index in [9.17, 15) is 9.59 Å². The van der Waals surface area contributed by atoms with Gasteiger partial charge in [0, 0.05) is 25.0 Å². The lowest BCUT2D eigenvalue weighted by Gasteiger charge is -2.22. The predicted octanol–water partition coefficient (Wildman–Crippen LogP) is 1.93. The first kappa shape index (κ1) is 15.5. The van der Waals surface area contributed by atoms with Crippen molar-refractivity contribution < 1.29 is 9.59 Å². The minimum atomic E-state index is -0.644. The minimum absolute atomic E-state index is 0.109. The zero-order valence-electron chi connectivity index (χ0n) is 11.4. The van der Waals surface area contributed by atoms with Crippen molar-refractivity contribution in [1.29, 1.82) is 0 Å². The van der Waals surface area contributed by atoms with Crippen LogP contribution in [0.3, 0.4) is 0 Å². The molecule has 5 heteroatoms. The highest BCUT2D eigenvalue weighted by molar-refractivity contribution is 6.17. The number of carbonyl (C=O) groups excluding carboxylic acids is 2. The van der Waals surface area contributed by atoms with E-state index in [1.54, 1.807) is 39.1 Å². The molecule has 4 nitrogen and oxygen atoms in total. The molecule has 104 valence electrons. The lowest BCUT2D eigenvalue weighted by molar-refractivity contribution is -0.128. The Morgan fingerprint density at radius 2 is 2.00 bits per heavy atom. The smallest absolute Gasteiger partial charge is 0.251 e. The van der Waals surface area contributed by atoms with Crippen LogP contribution in [0.2, 0.25) is 0 Å². The van der Waals surface area contributed by atoms with Gasteiger partial charge in [0.25, 0.3) is 5.91 Å². The second kappa shape index (κ2) is 6.57. The lowest BCUT2D eigenvalue weighted by atomic mass is 9.92. The van der Waals surface area contributed by atoms with Crippen LogP contribution < -0.4 is 10.6 Å². The summed E-state index contributed by atoms with van der Waals surface area (Å²) in [5.74, 6) is 0.0523. The molecule has 0 radical (unpaired) electrons. The summed E-state index contributed by atoms with van der Waals surface area (Å²) in [6, 6.07) is 7.11. The van der Waals surface area contributed by atoms with Gasteiger partial charge in [0.05, 0.1) is 5.41 Å². The maximum absolute atomic E-state index is 12.0. The SMILES string of the molecule is CNC(=O)C(C)(C)CNC(=O)c1cccc(CCl)c1. The molecular formula is C14H19ClN2O2. The number of amides is 2. The minimum Gasteiger partial charge on any atom is -0.359 e. The molecule has 0 bridgehead atoms. The normalized spacial score (nSPS) is 10.9. The molecule has 2 N–H and O–H groups in total. The molecule has 19 heavy (non-hydrogen) atoms. The Morgan fingerprint density at radius 3 is 2.58 bits per heavy atom. The average Bonchev–Trinajstić information content (AvgIpc) is 2.43. The summed E-state index contributed by atoms with van der Waals surface area (Å²) in [7, 11) is 1.58. The van der Waals surface area contributed by atoms with Crippen molar-refractivity contribution in [2.45, 2.75) is 19.7 Å². The molecule has 2 amide bonds. The molecule has 1 aromatic rings. The summed E-state index contributed by atoms with van der Waals surface area (Å²) < 4.78 is 0. The first-order valence-corrected chi connectivity index (χ1v) is 6.59. The first-order chi connectivity index (χ1) is 8.90. The van der Waals surface area contributed by atoms with Crippen molar-refractivity contribution in [2.75, 3.05) is 13.6 Å². The molecule has 0 atom stereocenters. The van der Waals surface area contributed by atoms with Crippen LogP contribution >= 0.6 is 11.6 Å². The fraction of sp³-hybridized carbons (Fsp3) is 0.429. The summed E-state index contributed by atoms with van der Waals surface area (Å²) in [6.07, 6.45) is 0. The molecule has 0 spiro atoms. The molecule has 0 aliphatic carbocycles. The summed E-state index contributed by atoms with van der Waals surface area (Å²) >= 11 is 5.73. The zero-order chi connectivity index (χ0) is 14.5. The highest BCUT2D eigenvalue weighted by Gasteiger charge is 2.27. The number of hydrogen-bond acceptors (Lipinski definition) is 2. The molecule has 1 aromatic carbocycles. The summed E-state index contributed by atoms with van der Waals surface area (Å²) in [4.78, 5) is 23.6. The molecule has 0 saturated heterocycles. The number of halogens is 1. The second-order valence-corrected chi connectivity index (χ2v) is 5.25. The lowest BCUT2D eigenvalue weighted by Crippen LogP contribution is -2.43. The molecule has 0 saturated carbocycles.